The van der Waals surface area contributed by atoms with Crippen molar-refractivity contribution >= 4 is 5.91 Å². The average Bonchev–Trinajstić information content (AvgIpc) is 2.59. The number of rotatable bonds is 7. The van der Waals surface area contributed by atoms with Gasteiger partial charge in [0.2, 0.25) is 0 Å². The molecule has 0 saturated carbocycles. The Morgan fingerprint density at radius 2 is 1.54 bits per heavy atom. The molecule has 1 amide bonds. The summed E-state index contributed by atoms with van der Waals surface area (Å²) in [5.74, 6) is 1.36. The molecule has 0 aromatic heterocycles. The molecular weight excluding hydrogens is 326 g/mol. The van der Waals surface area contributed by atoms with Gasteiger partial charge in [-0.3, -0.25) is 4.79 Å². The van der Waals surface area contributed by atoms with E-state index in [4.69, 9.17) is 9.47 Å². The van der Waals surface area contributed by atoms with Crippen LogP contribution >= 0.6 is 0 Å². The predicted molar refractivity (Wildman–Crippen MR) is 105 cm³/mol. The van der Waals surface area contributed by atoms with E-state index in [1.807, 2.05) is 58.9 Å². The maximum Gasteiger partial charge on any atom is 0.252 e. The first-order valence-electron chi connectivity index (χ1n) is 9.15. The van der Waals surface area contributed by atoms with E-state index in [2.05, 4.69) is 18.3 Å². The van der Waals surface area contributed by atoms with Gasteiger partial charge < -0.3 is 14.8 Å². The first-order chi connectivity index (χ1) is 12.4. The highest BCUT2D eigenvalue weighted by Crippen LogP contribution is 2.31. The maximum atomic E-state index is 12.7. The number of carbonyl (C=O) groups is 1. The van der Waals surface area contributed by atoms with E-state index in [-0.39, 0.29) is 11.9 Å². The summed E-state index contributed by atoms with van der Waals surface area (Å²) in [7, 11) is 0. The van der Waals surface area contributed by atoms with E-state index in [9.17, 15) is 4.79 Å². The van der Waals surface area contributed by atoms with E-state index in [1.54, 1.807) is 0 Å². The number of nitrogens with one attached hydrogen (secondary N) is 1. The second-order valence-electron chi connectivity index (χ2n) is 6.52. The van der Waals surface area contributed by atoms with Crippen molar-refractivity contribution in [2.24, 2.45) is 0 Å². The Labute approximate surface area is 156 Å². The molecule has 140 valence electrons. The molecule has 4 nitrogen and oxygen atoms in total. The van der Waals surface area contributed by atoms with E-state index in [0.717, 1.165) is 28.0 Å². The van der Waals surface area contributed by atoms with Gasteiger partial charge in [-0.15, -0.1) is 0 Å². The molecule has 0 aliphatic rings. The van der Waals surface area contributed by atoms with Crippen LogP contribution in [0.2, 0.25) is 0 Å². The van der Waals surface area contributed by atoms with E-state index in [1.165, 1.54) is 5.56 Å². The first-order valence-corrected chi connectivity index (χ1v) is 9.15. The molecule has 0 radical (unpaired) electrons. The molecule has 0 aliphatic carbocycles. The molecule has 2 aromatic carbocycles. The molecule has 0 heterocycles. The molecule has 1 N–H and O–H groups in total. The van der Waals surface area contributed by atoms with Crippen LogP contribution in [0.25, 0.3) is 0 Å². The number of aryl methyl sites for hydroxylation is 3. The van der Waals surface area contributed by atoms with Crippen LogP contribution in [0.1, 0.15) is 59.4 Å². The number of carbonyl (C=O) groups excluding carboxylic acids is 1. The Hall–Kier alpha value is -2.49. The maximum absolute atomic E-state index is 12.7. The van der Waals surface area contributed by atoms with Crippen LogP contribution in [-0.2, 0) is 0 Å². The molecule has 0 unspecified atom stereocenters. The molecular formula is C22H29NO3. The van der Waals surface area contributed by atoms with Crippen LogP contribution in [0.5, 0.6) is 11.5 Å². The summed E-state index contributed by atoms with van der Waals surface area (Å²) in [5.41, 5.74) is 5.00. The fraction of sp³-hybridized carbons (Fsp3) is 0.409. The van der Waals surface area contributed by atoms with Crippen molar-refractivity contribution in [1.82, 2.24) is 5.32 Å². The lowest BCUT2D eigenvalue weighted by Crippen LogP contribution is -2.27. The third-order valence-corrected chi connectivity index (χ3v) is 4.50. The van der Waals surface area contributed by atoms with Gasteiger partial charge in [0, 0.05) is 5.56 Å². The van der Waals surface area contributed by atoms with Crippen molar-refractivity contribution in [2.45, 2.75) is 47.6 Å². The summed E-state index contributed by atoms with van der Waals surface area (Å²) in [6.45, 7) is 13.0. The molecule has 0 spiro atoms. The van der Waals surface area contributed by atoms with E-state index >= 15 is 0 Å². The van der Waals surface area contributed by atoms with Crippen LogP contribution in [0.15, 0.2) is 30.3 Å². The number of benzene rings is 2. The Balaban J connectivity index is 2.21. The number of ether oxygens (including phenoxy) is 2. The standard InChI is InChI=1S/C22H29NO3/c1-7-25-20-10-9-18(13-21(20)26-8-2)17(6)23-22(24)19-12-15(4)14(3)11-16(19)5/h9-13,17H,7-8H2,1-6H3,(H,23,24)/t17-/m1/s1. The number of hydrogen-bond donors (Lipinski definition) is 1. The average molecular weight is 355 g/mol. The van der Waals surface area contributed by atoms with E-state index < -0.39 is 0 Å². The zero-order valence-corrected chi connectivity index (χ0v) is 16.6. The molecule has 2 rings (SSSR count). The summed E-state index contributed by atoms with van der Waals surface area (Å²) in [4.78, 5) is 12.7. The molecule has 2 aromatic rings. The molecule has 0 fully saturated rings. The van der Waals surface area contributed by atoms with Crippen molar-refractivity contribution in [3.05, 3.63) is 58.1 Å². The van der Waals surface area contributed by atoms with Crippen molar-refractivity contribution in [3.63, 3.8) is 0 Å². The summed E-state index contributed by atoms with van der Waals surface area (Å²) < 4.78 is 11.3. The summed E-state index contributed by atoms with van der Waals surface area (Å²) in [6.07, 6.45) is 0. The van der Waals surface area contributed by atoms with Gasteiger partial charge >= 0.3 is 0 Å². The van der Waals surface area contributed by atoms with Gasteiger partial charge in [-0.1, -0.05) is 12.1 Å². The minimum absolute atomic E-state index is 0.0649. The van der Waals surface area contributed by atoms with Gasteiger partial charge in [0.1, 0.15) is 0 Å². The topological polar surface area (TPSA) is 47.6 Å². The van der Waals surface area contributed by atoms with E-state index in [0.29, 0.717) is 19.0 Å². The third kappa shape index (κ3) is 4.57. The van der Waals surface area contributed by atoms with Crippen LogP contribution < -0.4 is 14.8 Å². The van der Waals surface area contributed by atoms with Crippen molar-refractivity contribution in [1.29, 1.82) is 0 Å². The van der Waals surface area contributed by atoms with Crippen LogP contribution in [-0.4, -0.2) is 19.1 Å². The Bertz CT molecular complexity index is 783. The highest BCUT2D eigenvalue weighted by molar-refractivity contribution is 5.96. The van der Waals surface area contributed by atoms with Gasteiger partial charge in [-0.25, -0.2) is 0 Å². The van der Waals surface area contributed by atoms with Crippen molar-refractivity contribution < 1.29 is 14.3 Å². The molecule has 4 heteroatoms. The van der Waals surface area contributed by atoms with Crippen molar-refractivity contribution in [2.75, 3.05) is 13.2 Å². The number of hydrogen-bond acceptors (Lipinski definition) is 3. The van der Waals surface area contributed by atoms with Gasteiger partial charge in [0.15, 0.2) is 11.5 Å². The summed E-state index contributed by atoms with van der Waals surface area (Å²) in [6, 6.07) is 9.67. The van der Waals surface area contributed by atoms with Crippen LogP contribution in [0.3, 0.4) is 0 Å². The molecule has 26 heavy (non-hydrogen) atoms. The fourth-order valence-electron chi connectivity index (χ4n) is 2.90. The largest absolute Gasteiger partial charge is 0.490 e. The first kappa shape index (κ1) is 19.8. The second-order valence-corrected chi connectivity index (χ2v) is 6.52. The second kappa shape index (κ2) is 8.75. The molecule has 0 aliphatic heterocycles. The molecule has 1 atom stereocenters. The zero-order chi connectivity index (χ0) is 19.3. The fourth-order valence-corrected chi connectivity index (χ4v) is 2.90. The zero-order valence-electron chi connectivity index (χ0n) is 16.6. The lowest BCUT2D eigenvalue weighted by atomic mass is 9.99. The van der Waals surface area contributed by atoms with Crippen molar-refractivity contribution in [3.8, 4) is 11.5 Å². The third-order valence-electron chi connectivity index (χ3n) is 4.50. The quantitative estimate of drug-likeness (QED) is 0.768. The molecule has 0 saturated heterocycles. The predicted octanol–water partition coefficient (Wildman–Crippen LogP) is 4.90. The Morgan fingerprint density at radius 3 is 2.19 bits per heavy atom. The van der Waals surface area contributed by atoms with Gasteiger partial charge in [-0.05, 0) is 82.0 Å². The highest BCUT2D eigenvalue weighted by atomic mass is 16.5. The molecule has 0 bridgehead atoms. The number of amides is 1. The SMILES string of the molecule is CCOc1ccc([C@@H](C)NC(=O)c2cc(C)c(C)cc2C)cc1OCC. The monoisotopic (exact) mass is 355 g/mol. The smallest absolute Gasteiger partial charge is 0.252 e. The lowest BCUT2D eigenvalue weighted by molar-refractivity contribution is 0.0939. The van der Waals surface area contributed by atoms with Gasteiger partial charge in [0.25, 0.3) is 5.91 Å². The minimum atomic E-state index is -0.140. The summed E-state index contributed by atoms with van der Waals surface area (Å²) >= 11 is 0. The minimum Gasteiger partial charge on any atom is -0.490 e. The Kier molecular flexibility index (Phi) is 6.67. The van der Waals surface area contributed by atoms with Crippen LogP contribution in [0, 0.1) is 20.8 Å². The summed E-state index contributed by atoms with van der Waals surface area (Å²) in [5, 5.41) is 3.09. The van der Waals surface area contributed by atoms with Gasteiger partial charge in [-0.2, -0.15) is 0 Å². The Morgan fingerprint density at radius 1 is 0.923 bits per heavy atom. The lowest BCUT2D eigenvalue weighted by Gasteiger charge is -2.18. The van der Waals surface area contributed by atoms with Crippen LogP contribution in [0.4, 0.5) is 0 Å². The highest BCUT2D eigenvalue weighted by Gasteiger charge is 2.16. The normalized spacial score (nSPS) is 11.8. The van der Waals surface area contributed by atoms with Gasteiger partial charge in [0.05, 0.1) is 19.3 Å².